The molecule has 0 aliphatic heterocycles. The Balaban J connectivity index is 2.77. The third kappa shape index (κ3) is 4.00. The maximum absolute atomic E-state index is 11.2. The summed E-state index contributed by atoms with van der Waals surface area (Å²) < 4.78 is 0. The van der Waals surface area contributed by atoms with Crippen LogP contribution in [0.25, 0.3) is 0 Å². The first-order valence-electron chi connectivity index (χ1n) is 6.02. The number of hydrogen-bond donors (Lipinski definition) is 2. The molecule has 1 rings (SSSR count). The van der Waals surface area contributed by atoms with Crippen molar-refractivity contribution in [2.24, 2.45) is 0 Å². The Morgan fingerprint density at radius 3 is 2.67 bits per heavy atom. The monoisotopic (exact) mass is 251 g/mol. The number of nitrogens with zero attached hydrogens (tertiary/aromatic N) is 2. The molecule has 1 aromatic rings. The van der Waals surface area contributed by atoms with Gasteiger partial charge in [0.25, 0.3) is 0 Å². The van der Waals surface area contributed by atoms with E-state index in [9.17, 15) is 9.90 Å². The Morgan fingerprint density at radius 1 is 1.44 bits per heavy atom. The van der Waals surface area contributed by atoms with Crippen LogP contribution in [0, 0.1) is 13.8 Å². The van der Waals surface area contributed by atoms with Crippen LogP contribution in [0.5, 0.6) is 0 Å². The van der Waals surface area contributed by atoms with E-state index in [1.54, 1.807) is 13.0 Å². The molecule has 1 aromatic heterocycles. The molecule has 2 N–H and O–H groups in total. The van der Waals surface area contributed by atoms with Gasteiger partial charge in [-0.2, -0.15) is 0 Å². The van der Waals surface area contributed by atoms with Gasteiger partial charge in [-0.05, 0) is 52.5 Å². The minimum absolute atomic E-state index is 0.269. The highest BCUT2D eigenvalue weighted by atomic mass is 16.4. The number of hydrogen-bond acceptors (Lipinski definition) is 4. The summed E-state index contributed by atoms with van der Waals surface area (Å²) in [5.41, 5.74) is 1.84. The fourth-order valence-corrected chi connectivity index (χ4v) is 1.84. The molecule has 0 atom stereocenters. The minimum Gasteiger partial charge on any atom is -0.478 e. The summed E-state index contributed by atoms with van der Waals surface area (Å²) in [6.45, 7) is 5.33. The Bertz CT molecular complexity index is 430. The molecule has 0 unspecified atom stereocenters. The molecule has 0 amide bonds. The molecule has 0 bridgehead atoms. The zero-order chi connectivity index (χ0) is 13.7. The Hall–Kier alpha value is -1.62. The van der Waals surface area contributed by atoms with Crippen molar-refractivity contribution in [2.45, 2.75) is 20.3 Å². The molecule has 100 valence electrons. The molecular formula is C13H21N3O2. The Morgan fingerprint density at radius 2 is 2.11 bits per heavy atom. The highest BCUT2D eigenvalue weighted by molar-refractivity contribution is 5.94. The first kappa shape index (κ1) is 14.4. The predicted molar refractivity (Wildman–Crippen MR) is 72.3 cm³/mol. The molecule has 18 heavy (non-hydrogen) atoms. The normalized spacial score (nSPS) is 10.7. The second-order valence-corrected chi connectivity index (χ2v) is 4.69. The van der Waals surface area contributed by atoms with Gasteiger partial charge in [0.2, 0.25) is 0 Å². The van der Waals surface area contributed by atoms with Crippen molar-refractivity contribution in [2.75, 3.05) is 32.5 Å². The number of anilines is 1. The van der Waals surface area contributed by atoms with E-state index >= 15 is 0 Å². The van der Waals surface area contributed by atoms with Crippen molar-refractivity contribution < 1.29 is 9.90 Å². The van der Waals surface area contributed by atoms with Crippen LogP contribution in [0.3, 0.4) is 0 Å². The lowest BCUT2D eigenvalue weighted by Crippen LogP contribution is -2.18. The average Bonchev–Trinajstić information content (AvgIpc) is 2.22. The number of nitrogens with one attached hydrogen (secondary N) is 1. The molecule has 0 radical (unpaired) electrons. The minimum atomic E-state index is -0.935. The number of aryl methyl sites for hydroxylation is 2. The zero-order valence-electron chi connectivity index (χ0n) is 11.4. The molecule has 0 aromatic carbocycles. The van der Waals surface area contributed by atoms with Crippen LogP contribution in [0.4, 0.5) is 5.82 Å². The second-order valence-electron chi connectivity index (χ2n) is 4.69. The fourth-order valence-electron chi connectivity index (χ4n) is 1.84. The largest absolute Gasteiger partial charge is 0.478 e. The van der Waals surface area contributed by atoms with Crippen LogP contribution in [0.1, 0.15) is 28.0 Å². The highest BCUT2D eigenvalue weighted by Gasteiger charge is 2.15. The molecule has 0 aliphatic carbocycles. The van der Waals surface area contributed by atoms with Gasteiger partial charge >= 0.3 is 5.97 Å². The maximum Gasteiger partial charge on any atom is 0.339 e. The lowest BCUT2D eigenvalue weighted by Gasteiger charge is -2.13. The average molecular weight is 251 g/mol. The van der Waals surface area contributed by atoms with Crippen molar-refractivity contribution in [3.05, 3.63) is 22.9 Å². The van der Waals surface area contributed by atoms with E-state index in [1.807, 2.05) is 21.0 Å². The number of pyridine rings is 1. The predicted octanol–water partition coefficient (Wildman–Crippen LogP) is 1.76. The third-order valence-corrected chi connectivity index (χ3v) is 2.63. The van der Waals surface area contributed by atoms with Gasteiger partial charge in [-0.1, -0.05) is 0 Å². The number of carbonyl (C=O) groups is 1. The quantitative estimate of drug-likeness (QED) is 0.754. The smallest absolute Gasteiger partial charge is 0.339 e. The van der Waals surface area contributed by atoms with E-state index < -0.39 is 5.97 Å². The molecule has 0 saturated carbocycles. The van der Waals surface area contributed by atoms with Gasteiger partial charge in [0.05, 0.1) is 0 Å². The number of carboxylic acids is 1. The third-order valence-electron chi connectivity index (χ3n) is 2.63. The van der Waals surface area contributed by atoms with Crippen LogP contribution in [-0.2, 0) is 0 Å². The van der Waals surface area contributed by atoms with E-state index in [0.717, 1.165) is 24.2 Å². The van der Waals surface area contributed by atoms with Gasteiger partial charge in [0, 0.05) is 12.2 Å². The van der Waals surface area contributed by atoms with Crippen LogP contribution in [0.2, 0.25) is 0 Å². The molecule has 1 heterocycles. The van der Waals surface area contributed by atoms with E-state index in [2.05, 4.69) is 15.2 Å². The second kappa shape index (κ2) is 6.35. The first-order chi connectivity index (χ1) is 8.41. The van der Waals surface area contributed by atoms with Gasteiger partial charge in [-0.25, -0.2) is 9.78 Å². The molecule has 0 aliphatic rings. The standard InChI is InChI=1S/C13H21N3O2/c1-9-8-10(2)15-12(11(9)13(17)18)14-6-5-7-16(3)4/h8H,5-7H2,1-4H3,(H,14,15)(H,17,18). The molecule has 5 nitrogen and oxygen atoms in total. The molecule has 5 heteroatoms. The SMILES string of the molecule is Cc1cc(C)c(C(=O)O)c(NCCCN(C)C)n1. The summed E-state index contributed by atoms with van der Waals surface area (Å²) >= 11 is 0. The van der Waals surface area contributed by atoms with Crippen molar-refractivity contribution in [1.82, 2.24) is 9.88 Å². The number of aromatic nitrogens is 1. The van der Waals surface area contributed by atoms with Gasteiger partial charge in [0.15, 0.2) is 0 Å². The lowest BCUT2D eigenvalue weighted by molar-refractivity contribution is 0.0697. The number of rotatable bonds is 6. The molecule has 0 spiro atoms. The summed E-state index contributed by atoms with van der Waals surface area (Å²) in [7, 11) is 4.02. The van der Waals surface area contributed by atoms with E-state index in [1.165, 1.54) is 0 Å². The van der Waals surface area contributed by atoms with Crippen molar-refractivity contribution >= 4 is 11.8 Å². The van der Waals surface area contributed by atoms with Crippen molar-refractivity contribution in [1.29, 1.82) is 0 Å². The maximum atomic E-state index is 11.2. The summed E-state index contributed by atoms with van der Waals surface area (Å²) in [6.07, 6.45) is 0.945. The van der Waals surface area contributed by atoms with E-state index in [0.29, 0.717) is 12.4 Å². The van der Waals surface area contributed by atoms with E-state index in [-0.39, 0.29) is 5.56 Å². The van der Waals surface area contributed by atoms with E-state index in [4.69, 9.17) is 0 Å². The van der Waals surface area contributed by atoms with Crippen molar-refractivity contribution in [3.63, 3.8) is 0 Å². The van der Waals surface area contributed by atoms with Gasteiger partial charge in [-0.15, -0.1) is 0 Å². The fraction of sp³-hybridized carbons (Fsp3) is 0.538. The number of aromatic carboxylic acids is 1. The van der Waals surface area contributed by atoms with Crippen molar-refractivity contribution in [3.8, 4) is 0 Å². The number of carboxylic acid groups (broad SMARTS) is 1. The van der Waals surface area contributed by atoms with Gasteiger partial charge < -0.3 is 15.3 Å². The van der Waals surface area contributed by atoms with Crippen LogP contribution < -0.4 is 5.32 Å². The lowest BCUT2D eigenvalue weighted by atomic mass is 10.1. The van der Waals surface area contributed by atoms with Crippen LogP contribution >= 0.6 is 0 Å². The summed E-state index contributed by atoms with van der Waals surface area (Å²) in [5.74, 6) is -0.464. The summed E-state index contributed by atoms with van der Waals surface area (Å²) in [5, 5.41) is 12.3. The Labute approximate surface area is 108 Å². The van der Waals surface area contributed by atoms with Crippen LogP contribution in [0.15, 0.2) is 6.07 Å². The van der Waals surface area contributed by atoms with Crippen LogP contribution in [-0.4, -0.2) is 48.1 Å². The Kier molecular flexibility index (Phi) is 5.09. The summed E-state index contributed by atoms with van der Waals surface area (Å²) in [4.78, 5) is 17.6. The molecule has 0 saturated heterocycles. The molecular weight excluding hydrogens is 230 g/mol. The topological polar surface area (TPSA) is 65.5 Å². The summed E-state index contributed by atoms with van der Waals surface area (Å²) in [6, 6.07) is 1.79. The highest BCUT2D eigenvalue weighted by Crippen LogP contribution is 2.18. The van der Waals surface area contributed by atoms with Gasteiger partial charge in [0.1, 0.15) is 11.4 Å². The first-order valence-corrected chi connectivity index (χ1v) is 6.02. The zero-order valence-corrected chi connectivity index (χ0v) is 11.4. The molecule has 0 fully saturated rings. The van der Waals surface area contributed by atoms with Gasteiger partial charge in [-0.3, -0.25) is 0 Å².